The first kappa shape index (κ1) is 14.8. The van der Waals surface area contributed by atoms with Crippen molar-refractivity contribution in [3.8, 4) is 0 Å². The van der Waals surface area contributed by atoms with E-state index in [1.54, 1.807) is 6.07 Å². The zero-order chi connectivity index (χ0) is 15.0. The molecule has 3 unspecified atom stereocenters. The summed E-state index contributed by atoms with van der Waals surface area (Å²) in [6.45, 7) is 4.06. The number of hydrogen-bond donors (Lipinski definition) is 2. The molecule has 2 fully saturated rings. The van der Waals surface area contributed by atoms with Crippen LogP contribution in [0.5, 0.6) is 0 Å². The van der Waals surface area contributed by atoms with E-state index >= 15 is 0 Å². The normalized spacial score (nSPS) is 28.6. The molecule has 4 nitrogen and oxygen atoms in total. The molecule has 3 atom stereocenters. The Hall–Kier alpha value is -1.10. The van der Waals surface area contributed by atoms with E-state index in [-0.39, 0.29) is 12.0 Å². The molecule has 1 aliphatic heterocycles. The van der Waals surface area contributed by atoms with E-state index < -0.39 is 0 Å². The highest BCUT2D eigenvalue weighted by Gasteiger charge is 2.41. The smallest absolute Gasteiger partial charge is 0.238 e. The Kier molecular flexibility index (Phi) is 4.20. The molecule has 0 spiro atoms. The maximum atomic E-state index is 12.1. The largest absolute Gasteiger partial charge is 0.393 e. The minimum atomic E-state index is -0.182. The molecule has 1 aliphatic carbocycles. The minimum Gasteiger partial charge on any atom is -0.393 e. The van der Waals surface area contributed by atoms with Gasteiger partial charge >= 0.3 is 0 Å². The second-order valence-electron chi connectivity index (χ2n) is 6.27. The number of halogens is 1. The number of amides is 1. The van der Waals surface area contributed by atoms with Gasteiger partial charge in [0.05, 0.1) is 12.6 Å². The molecule has 2 N–H and O–H groups in total. The van der Waals surface area contributed by atoms with E-state index in [0.717, 1.165) is 37.2 Å². The van der Waals surface area contributed by atoms with Gasteiger partial charge in [0, 0.05) is 29.7 Å². The Balaban J connectivity index is 1.54. The van der Waals surface area contributed by atoms with Crippen molar-refractivity contribution in [3.05, 3.63) is 28.8 Å². The second-order valence-corrected chi connectivity index (χ2v) is 6.68. The van der Waals surface area contributed by atoms with Crippen LogP contribution in [0.25, 0.3) is 0 Å². The molecule has 5 heteroatoms. The molecule has 0 aromatic heterocycles. The number of aliphatic hydroxyl groups is 1. The lowest BCUT2D eigenvalue weighted by Crippen LogP contribution is -2.33. The lowest BCUT2D eigenvalue weighted by atomic mass is 10.00. The van der Waals surface area contributed by atoms with Gasteiger partial charge < -0.3 is 10.4 Å². The van der Waals surface area contributed by atoms with Crippen LogP contribution in [0.2, 0.25) is 5.02 Å². The molecular weight excluding hydrogens is 288 g/mol. The summed E-state index contributed by atoms with van der Waals surface area (Å²) in [6, 6.07) is 5.54. The van der Waals surface area contributed by atoms with Crippen molar-refractivity contribution in [1.82, 2.24) is 4.90 Å². The predicted octanol–water partition coefficient (Wildman–Crippen LogP) is 2.29. The van der Waals surface area contributed by atoms with Crippen molar-refractivity contribution in [2.75, 3.05) is 25.0 Å². The van der Waals surface area contributed by atoms with Crippen LogP contribution in [-0.4, -0.2) is 41.7 Å². The fourth-order valence-corrected chi connectivity index (χ4v) is 3.71. The lowest BCUT2D eigenvalue weighted by molar-refractivity contribution is -0.117. The fraction of sp³-hybridized carbons (Fsp3) is 0.562. The van der Waals surface area contributed by atoms with Gasteiger partial charge in [-0.1, -0.05) is 17.7 Å². The standard InChI is InChI=1S/C16H21ClN2O2/c1-10-2-4-12(6-14(10)17)18-16(21)9-19-7-11-3-5-15(20)13(11)8-19/h2,4,6,11,13,15,20H,3,5,7-9H2,1H3,(H,18,21). The van der Waals surface area contributed by atoms with E-state index in [1.165, 1.54) is 0 Å². The van der Waals surface area contributed by atoms with Gasteiger partial charge in [-0.2, -0.15) is 0 Å². The average molecular weight is 309 g/mol. The Bertz CT molecular complexity index is 549. The third-order valence-electron chi connectivity index (χ3n) is 4.72. The molecule has 1 heterocycles. The third-order valence-corrected chi connectivity index (χ3v) is 5.12. The molecule has 0 bridgehead atoms. The highest BCUT2D eigenvalue weighted by Crippen LogP contribution is 2.37. The molecule has 2 aliphatic rings. The molecule has 3 rings (SSSR count). The Morgan fingerprint density at radius 2 is 2.24 bits per heavy atom. The van der Waals surface area contributed by atoms with E-state index in [1.807, 2.05) is 19.1 Å². The summed E-state index contributed by atoms with van der Waals surface area (Å²) in [4.78, 5) is 14.2. The quantitative estimate of drug-likeness (QED) is 0.901. The Morgan fingerprint density at radius 3 is 2.95 bits per heavy atom. The summed E-state index contributed by atoms with van der Waals surface area (Å²) in [7, 11) is 0. The fourth-order valence-electron chi connectivity index (χ4n) is 3.53. The van der Waals surface area contributed by atoms with Crippen molar-refractivity contribution in [3.63, 3.8) is 0 Å². The summed E-state index contributed by atoms with van der Waals surface area (Å²) in [5, 5.41) is 13.4. The van der Waals surface area contributed by atoms with Crippen molar-refractivity contribution in [2.24, 2.45) is 11.8 Å². The zero-order valence-electron chi connectivity index (χ0n) is 12.2. The molecule has 1 aromatic carbocycles. The first-order chi connectivity index (χ1) is 10.0. The molecule has 1 aromatic rings. The number of aliphatic hydroxyl groups excluding tert-OH is 1. The van der Waals surface area contributed by atoms with Gasteiger partial charge in [0.15, 0.2) is 0 Å². The van der Waals surface area contributed by atoms with Crippen LogP contribution in [0, 0.1) is 18.8 Å². The van der Waals surface area contributed by atoms with Crippen molar-refractivity contribution in [1.29, 1.82) is 0 Å². The van der Waals surface area contributed by atoms with Crippen molar-refractivity contribution < 1.29 is 9.90 Å². The summed E-state index contributed by atoms with van der Waals surface area (Å²) in [5.74, 6) is 0.887. The van der Waals surface area contributed by atoms with E-state index in [0.29, 0.717) is 23.4 Å². The van der Waals surface area contributed by atoms with Crippen molar-refractivity contribution in [2.45, 2.75) is 25.9 Å². The number of aryl methyl sites for hydroxylation is 1. The molecule has 1 saturated heterocycles. The summed E-state index contributed by atoms with van der Waals surface area (Å²) in [6.07, 6.45) is 1.81. The second kappa shape index (κ2) is 5.95. The van der Waals surface area contributed by atoms with Gasteiger partial charge in [0.25, 0.3) is 0 Å². The highest BCUT2D eigenvalue weighted by atomic mass is 35.5. The average Bonchev–Trinajstić information content (AvgIpc) is 2.96. The number of rotatable bonds is 3. The number of fused-ring (bicyclic) bond motifs is 1. The highest BCUT2D eigenvalue weighted by molar-refractivity contribution is 6.31. The monoisotopic (exact) mass is 308 g/mol. The molecule has 0 radical (unpaired) electrons. The SMILES string of the molecule is Cc1ccc(NC(=O)CN2CC3CCC(O)C3C2)cc1Cl. The van der Waals surface area contributed by atoms with Gasteiger partial charge in [0.1, 0.15) is 0 Å². The number of nitrogens with zero attached hydrogens (tertiary/aromatic N) is 1. The van der Waals surface area contributed by atoms with Crippen LogP contribution in [-0.2, 0) is 4.79 Å². The summed E-state index contributed by atoms with van der Waals surface area (Å²) >= 11 is 6.06. The molecule has 1 saturated carbocycles. The summed E-state index contributed by atoms with van der Waals surface area (Å²) in [5.41, 5.74) is 1.73. The lowest BCUT2D eigenvalue weighted by Gasteiger charge is -2.17. The van der Waals surface area contributed by atoms with Crippen molar-refractivity contribution >= 4 is 23.2 Å². The van der Waals surface area contributed by atoms with Gasteiger partial charge in [-0.25, -0.2) is 0 Å². The van der Waals surface area contributed by atoms with Gasteiger partial charge in [-0.05, 0) is 43.4 Å². The molecule has 1 amide bonds. The van der Waals surface area contributed by atoms with E-state index in [4.69, 9.17) is 11.6 Å². The number of nitrogens with one attached hydrogen (secondary N) is 1. The van der Waals surface area contributed by atoms with Gasteiger partial charge in [0.2, 0.25) is 5.91 Å². The van der Waals surface area contributed by atoms with E-state index in [2.05, 4.69) is 10.2 Å². The molecular formula is C16H21ClN2O2. The predicted molar refractivity (Wildman–Crippen MR) is 83.5 cm³/mol. The number of carbonyl (C=O) groups excluding carboxylic acids is 1. The number of carbonyl (C=O) groups is 1. The number of hydrogen-bond acceptors (Lipinski definition) is 3. The maximum absolute atomic E-state index is 12.1. The first-order valence-corrected chi connectivity index (χ1v) is 7.87. The Morgan fingerprint density at radius 1 is 1.43 bits per heavy atom. The zero-order valence-corrected chi connectivity index (χ0v) is 12.9. The van der Waals surface area contributed by atoms with Crippen LogP contribution in [0.1, 0.15) is 18.4 Å². The van der Waals surface area contributed by atoms with Crippen LogP contribution in [0.4, 0.5) is 5.69 Å². The molecule has 21 heavy (non-hydrogen) atoms. The first-order valence-electron chi connectivity index (χ1n) is 7.49. The number of likely N-dealkylation sites (tertiary alicyclic amines) is 1. The van der Waals surface area contributed by atoms with Gasteiger partial charge in [-0.15, -0.1) is 0 Å². The van der Waals surface area contributed by atoms with Crippen LogP contribution < -0.4 is 5.32 Å². The number of anilines is 1. The van der Waals surface area contributed by atoms with Crippen LogP contribution in [0.3, 0.4) is 0 Å². The van der Waals surface area contributed by atoms with E-state index in [9.17, 15) is 9.90 Å². The topological polar surface area (TPSA) is 52.6 Å². The summed E-state index contributed by atoms with van der Waals surface area (Å²) < 4.78 is 0. The Labute approximate surface area is 130 Å². The number of benzene rings is 1. The molecule has 114 valence electrons. The van der Waals surface area contributed by atoms with Gasteiger partial charge in [-0.3, -0.25) is 9.69 Å². The maximum Gasteiger partial charge on any atom is 0.238 e. The van der Waals surface area contributed by atoms with Crippen LogP contribution >= 0.6 is 11.6 Å². The van der Waals surface area contributed by atoms with Crippen LogP contribution in [0.15, 0.2) is 18.2 Å². The minimum absolute atomic E-state index is 0.0237. The third kappa shape index (κ3) is 3.23.